The molecule has 2 heterocycles. The van der Waals surface area contributed by atoms with Gasteiger partial charge in [-0.2, -0.15) is 5.10 Å². The molecule has 12 heteroatoms. The number of hydrazone groups is 1. The Bertz CT molecular complexity index is 1280. The van der Waals surface area contributed by atoms with Gasteiger partial charge in [-0.05, 0) is 54.3 Å². The molecule has 2 aliphatic heterocycles. The van der Waals surface area contributed by atoms with Gasteiger partial charge in [-0.25, -0.2) is 5.43 Å². The van der Waals surface area contributed by atoms with E-state index in [9.17, 15) is 4.79 Å². The summed E-state index contributed by atoms with van der Waals surface area (Å²) < 4.78 is 5.21. The highest BCUT2D eigenvalue weighted by Gasteiger charge is 2.33. The smallest absolute Gasteiger partial charge is 0.285 e. The molecule has 4 rings (SSSR count). The third-order valence-electron chi connectivity index (χ3n) is 7.37. The summed E-state index contributed by atoms with van der Waals surface area (Å²) in [6.07, 6.45) is 0.642. The van der Waals surface area contributed by atoms with Crippen LogP contribution in [-0.4, -0.2) is 72.4 Å². The second kappa shape index (κ2) is 13.5. The van der Waals surface area contributed by atoms with E-state index in [4.69, 9.17) is 44.8 Å². The Labute approximate surface area is 244 Å². The van der Waals surface area contributed by atoms with Gasteiger partial charge in [0.15, 0.2) is 0 Å². The van der Waals surface area contributed by atoms with E-state index in [1.807, 2.05) is 25.1 Å². The number of nitrogens with one attached hydrogen (secondary N) is 2. The number of carbonyl (C=O) groups is 1. The number of nitrogens with zero attached hydrogens (tertiary/aromatic N) is 4. The predicted octanol–water partition coefficient (Wildman–Crippen LogP) is 3.42. The third kappa shape index (κ3) is 7.51. The van der Waals surface area contributed by atoms with Gasteiger partial charge in [0, 0.05) is 55.1 Å². The van der Waals surface area contributed by atoms with E-state index in [2.05, 4.69) is 37.5 Å². The second-order valence-electron chi connectivity index (χ2n) is 10.2. The van der Waals surface area contributed by atoms with Gasteiger partial charge in [0.05, 0.1) is 25.4 Å². The minimum Gasteiger partial charge on any atom is -0.497 e. The fourth-order valence-electron chi connectivity index (χ4n) is 5.17. The monoisotopic (exact) mass is 586 g/mol. The zero-order chi connectivity index (χ0) is 28.8. The van der Waals surface area contributed by atoms with Crippen LogP contribution in [0.2, 0.25) is 10.0 Å². The largest absolute Gasteiger partial charge is 0.497 e. The average molecular weight is 588 g/mol. The van der Waals surface area contributed by atoms with Gasteiger partial charge >= 0.3 is 0 Å². The number of hydrogen-bond donors (Lipinski definition) is 4. The number of carbonyl (C=O) groups excluding carboxylic acids is 1. The van der Waals surface area contributed by atoms with E-state index in [-0.39, 0.29) is 18.2 Å². The van der Waals surface area contributed by atoms with Crippen LogP contribution >= 0.6 is 23.2 Å². The van der Waals surface area contributed by atoms with Crippen LogP contribution < -0.4 is 21.6 Å². The Balaban J connectivity index is 1.26. The number of hydrogen-bond acceptors (Lipinski definition) is 8. The first kappa shape index (κ1) is 29.8. The van der Waals surface area contributed by atoms with Crippen LogP contribution in [0.25, 0.3) is 0 Å². The summed E-state index contributed by atoms with van der Waals surface area (Å²) in [5.74, 6) is 1.30. The van der Waals surface area contributed by atoms with Crippen LogP contribution in [0.15, 0.2) is 52.6 Å². The number of methoxy groups -OCH3 is 1. The van der Waals surface area contributed by atoms with E-state index < -0.39 is 11.9 Å². The molecule has 1 saturated heterocycles. The molecule has 40 heavy (non-hydrogen) atoms. The molecule has 2 aromatic rings. The topological polar surface area (TPSA) is 145 Å². The average Bonchev–Trinajstić information content (AvgIpc) is 2.92. The number of amides is 1. The summed E-state index contributed by atoms with van der Waals surface area (Å²) >= 11 is 12.6. The fourth-order valence-corrected chi connectivity index (χ4v) is 5.62. The molecular formula is C28H36Cl2N8O2. The van der Waals surface area contributed by atoms with E-state index in [1.165, 1.54) is 5.56 Å². The second-order valence-corrected chi connectivity index (χ2v) is 11.1. The van der Waals surface area contributed by atoms with Crippen LogP contribution in [0.1, 0.15) is 36.9 Å². The lowest BCUT2D eigenvalue weighted by molar-refractivity contribution is -0.115. The van der Waals surface area contributed by atoms with Gasteiger partial charge in [0.2, 0.25) is 0 Å². The Kier molecular flexibility index (Phi) is 10.0. The van der Waals surface area contributed by atoms with E-state index in [1.54, 1.807) is 19.2 Å². The van der Waals surface area contributed by atoms with Crippen molar-refractivity contribution in [3.63, 3.8) is 0 Å². The van der Waals surface area contributed by atoms with Gasteiger partial charge in [0.1, 0.15) is 17.4 Å². The first-order valence-electron chi connectivity index (χ1n) is 13.2. The van der Waals surface area contributed by atoms with Crippen LogP contribution in [0.5, 0.6) is 5.75 Å². The Hall–Kier alpha value is -3.18. The molecule has 0 radical (unpaired) electrons. The molecule has 0 saturated carbocycles. The van der Waals surface area contributed by atoms with Crippen molar-refractivity contribution in [3.05, 3.63) is 63.6 Å². The quantitative estimate of drug-likeness (QED) is 0.180. The lowest BCUT2D eigenvalue weighted by Gasteiger charge is -2.39. The van der Waals surface area contributed by atoms with E-state index in [0.717, 1.165) is 30.9 Å². The van der Waals surface area contributed by atoms with Gasteiger partial charge in [0.25, 0.3) is 5.91 Å². The number of aliphatic imine (C=N–C) groups is 1. The van der Waals surface area contributed by atoms with Crippen molar-refractivity contribution in [2.45, 2.75) is 38.4 Å². The molecule has 214 valence electrons. The maximum absolute atomic E-state index is 12.7. The highest BCUT2D eigenvalue weighted by Crippen LogP contribution is 2.32. The van der Waals surface area contributed by atoms with Crippen molar-refractivity contribution in [2.75, 3.05) is 33.3 Å². The lowest BCUT2D eigenvalue weighted by Crippen LogP contribution is -2.52. The number of halogens is 2. The zero-order valence-electron chi connectivity index (χ0n) is 22.7. The number of rotatable bonds is 11. The van der Waals surface area contributed by atoms with Crippen LogP contribution in [0.3, 0.4) is 0 Å². The highest BCUT2D eigenvalue weighted by molar-refractivity contribution is 6.38. The van der Waals surface area contributed by atoms with E-state index >= 15 is 0 Å². The molecule has 2 unspecified atom stereocenters. The summed E-state index contributed by atoms with van der Waals surface area (Å²) in [6, 6.07) is 12.8. The summed E-state index contributed by atoms with van der Waals surface area (Å²) in [6.45, 7) is 5.78. The molecule has 2 aliphatic rings. The van der Waals surface area contributed by atoms with Crippen LogP contribution in [0, 0.1) is 11.3 Å². The first-order valence-corrected chi connectivity index (χ1v) is 14.0. The fraction of sp³-hybridized carbons (Fsp3) is 0.429. The Morgan fingerprint density at radius 2 is 1.95 bits per heavy atom. The van der Waals surface area contributed by atoms with Crippen molar-refractivity contribution in [1.29, 1.82) is 5.41 Å². The standard InChI is InChI=1S/C28H36Cl2N8O2/c1-17(22-12-20(29)5-8-23(22)30)38-10-9-34-27(33)25(38)13-24(31)28(39)36-35-26(32)11-19-15-37(16-19)14-18-3-6-21(40-2)7-4-18/h3-8,12,17,19,25,31H,9-11,13-16H2,1-2H3,(H2,32,35)(H2,33,34)(H,36,39). The van der Waals surface area contributed by atoms with Crippen LogP contribution in [0.4, 0.5) is 0 Å². The molecule has 0 bridgehead atoms. The minimum atomic E-state index is -0.621. The van der Waals surface area contributed by atoms with Gasteiger partial charge in [-0.15, -0.1) is 0 Å². The Morgan fingerprint density at radius 3 is 2.65 bits per heavy atom. The normalized spacial score (nSPS) is 19.4. The number of ether oxygens (including phenoxy) is 1. The number of likely N-dealkylation sites (tertiary alicyclic amines) is 1. The minimum absolute atomic E-state index is 0.0715. The summed E-state index contributed by atoms with van der Waals surface area (Å²) in [5, 5.41) is 13.6. The molecule has 2 atom stereocenters. The number of nitrogens with two attached hydrogens (primary N) is 2. The highest BCUT2D eigenvalue weighted by atomic mass is 35.5. The van der Waals surface area contributed by atoms with E-state index in [0.29, 0.717) is 47.1 Å². The third-order valence-corrected chi connectivity index (χ3v) is 7.95. The first-order chi connectivity index (χ1) is 19.1. The maximum atomic E-state index is 12.7. The summed E-state index contributed by atoms with van der Waals surface area (Å²) in [7, 11) is 1.66. The van der Waals surface area contributed by atoms with Gasteiger partial charge in [-0.1, -0.05) is 35.3 Å². The Morgan fingerprint density at radius 1 is 1.23 bits per heavy atom. The molecular weight excluding hydrogens is 551 g/mol. The summed E-state index contributed by atoms with van der Waals surface area (Å²) in [5.41, 5.74) is 16.7. The van der Waals surface area contributed by atoms with Crippen molar-refractivity contribution in [3.8, 4) is 5.75 Å². The SMILES string of the molecule is COc1ccc(CN2CC(CC(N)=NNC(=O)C(=N)CC3C(N)=NCCN3C(C)c3cc(Cl)ccc3Cl)C2)cc1. The van der Waals surface area contributed by atoms with Gasteiger partial charge < -0.3 is 16.2 Å². The lowest BCUT2D eigenvalue weighted by atomic mass is 9.95. The molecule has 6 N–H and O–H groups in total. The molecule has 10 nitrogen and oxygen atoms in total. The van der Waals surface area contributed by atoms with Crippen LogP contribution in [-0.2, 0) is 11.3 Å². The molecule has 1 amide bonds. The molecule has 2 aromatic carbocycles. The maximum Gasteiger partial charge on any atom is 0.285 e. The molecule has 0 spiro atoms. The van der Waals surface area contributed by atoms with Crippen molar-refractivity contribution >= 4 is 46.5 Å². The molecule has 0 aliphatic carbocycles. The predicted molar refractivity (Wildman–Crippen MR) is 160 cm³/mol. The van der Waals surface area contributed by atoms with Crippen molar-refractivity contribution < 1.29 is 9.53 Å². The number of benzene rings is 2. The summed E-state index contributed by atoms with van der Waals surface area (Å²) in [4.78, 5) is 21.5. The molecule has 0 aromatic heterocycles. The zero-order valence-corrected chi connectivity index (χ0v) is 24.3. The number of amidine groups is 2. The van der Waals surface area contributed by atoms with Crippen molar-refractivity contribution in [2.24, 2.45) is 27.5 Å². The van der Waals surface area contributed by atoms with Gasteiger partial charge in [-0.3, -0.25) is 25.0 Å². The molecule has 1 fully saturated rings. The van der Waals surface area contributed by atoms with Crippen molar-refractivity contribution in [1.82, 2.24) is 15.2 Å².